The van der Waals surface area contributed by atoms with E-state index in [0.29, 0.717) is 13.1 Å². The number of pyridine rings is 1. The highest BCUT2D eigenvalue weighted by Crippen LogP contribution is 2.03. The van der Waals surface area contributed by atoms with Crippen molar-refractivity contribution in [3.05, 3.63) is 23.9 Å². The van der Waals surface area contributed by atoms with Gasteiger partial charge in [-0.1, -0.05) is 6.07 Å². The number of hydrogen-bond donors (Lipinski definition) is 2. The SMILES string of the molecule is CCS(=O)(=O)NCCCNc1cccc(C)n1. The predicted molar refractivity (Wildman–Crippen MR) is 69.5 cm³/mol. The fraction of sp³-hybridized carbons (Fsp3) is 0.545. The van der Waals surface area contributed by atoms with Crippen molar-refractivity contribution >= 4 is 15.8 Å². The minimum absolute atomic E-state index is 0.125. The van der Waals surface area contributed by atoms with Crippen LogP contribution in [0.4, 0.5) is 5.82 Å². The van der Waals surface area contributed by atoms with Gasteiger partial charge in [0, 0.05) is 18.8 Å². The van der Waals surface area contributed by atoms with Crippen molar-refractivity contribution in [3.8, 4) is 0 Å². The molecule has 0 aliphatic heterocycles. The van der Waals surface area contributed by atoms with Gasteiger partial charge in [-0.15, -0.1) is 0 Å². The van der Waals surface area contributed by atoms with Gasteiger partial charge in [0.05, 0.1) is 5.75 Å². The van der Waals surface area contributed by atoms with E-state index in [2.05, 4.69) is 15.0 Å². The maximum Gasteiger partial charge on any atom is 0.211 e. The van der Waals surface area contributed by atoms with Gasteiger partial charge in [-0.25, -0.2) is 18.1 Å². The molecule has 5 nitrogen and oxygen atoms in total. The third kappa shape index (κ3) is 5.65. The zero-order chi connectivity index (χ0) is 12.7. The van der Waals surface area contributed by atoms with Gasteiger partial charge < -0.3 is 5.32 Å². The van der Waals surface area contributed by atoms with Crippen LogP contribution in [0.15, 0.2) is 18.2 Å². The lowest BCUT2D eigenvalue weighted by Gasteiger charge is -2.07. The second-order valence-electron chi connectivity index (χ2n) is 3.74. The van der Waals surface area contributed by atoms with Crippen LogP contribution < -0.4 is 10.0 Å². The smallest absolute Gasteiger partial charge is 0.211 e. The number of rotatable bonds is 7. The van der Waals surface area contributed by atoms with Crippen LogP contribution in [-0.4, -0.2) is 32.2 Å². The van der Waals surface area contributed by atoms with E-state index in [4.69, 9.17) is 0 Å². The van der Waals surface area contributed by atoms with Crippen molar-refractivity contribution in [2.45, 2.75) is 20.3 Å². The van der Waals surface area contributed by atoms with Crippen molar-refractivity contribution in [2.24, 2.45) is 0 Å². The van der Waals surface area contributed by atoms with Crippen LogP contribution in [-0.2, 0) is 10.0 Å². The molecule has 1 heterocycles. The van der Waals surface area contributed by atoms with Crippen molar-refractivity contribution in [3.63, 3.8) is 0 Å². The summed E-state index contributed by atoms with van der Waals surface area (Å²) in [6, 6.07) is 5.76. The summed E-state index contributed by atoms with van der Waals surface area (Å²) in [5.74, 6) is 0.947. The van der Waals surface area contributed by atoms with E-state index < -0.39 is 10.0 Å². The standard InChI is InChI=1S/C11H19N3O2S/c1-3-17(15,16)13-9-5-8-12-11-7-4-6-10(2)14-11/h4,6-7,13H,3,5,8-9H2,1-2H3,(H,12,14). The topological polar surface area (TPSA) is 71.1 Å². The number of aryl methyl sites for hydroxylation is 1. The molecule has 1 aromatic rings. The first-order valence-corrected chi connectivity index (χ1v) is 7.33. The molecule has 0 aliphatic carbocycles. The summed E-state index contributed by atoms with van der Waals surface area (Å²) in [6.45, 7) is 4.70. The molecule has 0 fully saturated rings. The summed E-state index contributed by atoms with van der Waals surface area (Å²) >= 11 is 0. The van der Waals surface area contributed by atoms with Crippen molar-refractivity contribution in [2.75, 3.05) is 24.2 Å². The van der Waals surface area contributed by atoms with Crippen LogP contribution in [0.25, 0.3) is 0 Å². The Morgan fingerprint density at radius 2 is 2.06 bits per heavy atom. The highest BCUT2D eigenvalue weighted by molar-refractivity contribution is 7.89. The molecule has 0 amide bonds. The normalized spacial score (nSPS) is 11.4. The Morgan fingerprint density at radius 3 is 2.71 bits per heavy atom. The van der Waals surface area contributed by atoms with Gasteiger partial charge >= 0.3 is 0 Å². The molecule has 17 heavy (non-hydrogen) atoms. The zero-order valence-electron chi connectivity index (χ0n) is 10.2. The monoisotopic (exact) mass is 257 g/mol. The quantitative estimate of drug-likeness (QED) is 0.718. The molecule has 6 heteroatoms. The molecule has 1 rings (SSSR count). The first kappa shape index (κ1) is 13.9. The van der Waals surface area contributed by atoms with Crippen LogP contribution in [0.2, 0.25) is 0 Å². The average Bonchev–Trinajstić information content (AvgIpc) is 2.29. The molecule has 0 aliphatic rings. The number of hydrogen-bond acceptors (Lipinski definition) is 4. The van der Waals surface area contributed by atoms with Gasteiger partial charge in [0.15, 0.2) is 0 Å². The molecule has 96 valence electrons. The Hall–Kier alpha value is -1.14. The molecule has 0 saturated heterocycles. The molecule has 0 spiro atoms. The third-order valence-corrected chi connectivity index (χ3v) is 3.65. The van der Waals surface area contributed by atoms with Gasteiger partial charge in [0.25, 0.3) is 0 Å². The van der Waals surface area contributed by atoms with E-state index >= 15 is 0 Å². The molecular weight excluding hydrogens is 238 g/mol. The summed E-state index contributed by atoms with van der Waals surface area (Å²) in [6.07, 6.45) is 0.731. The fourth-order valence-corrected chi connectivity index (χ4v) is 1.94. The molecule has 0 saturated carbocycles. The summed E-state index contributed by atoms with van der Waals surface area (Å²) < 4.78 is 24.8. The van der Waals surface area contributed by atoms with Crippen LogP contribution in [0.1, 0.15) is 19.0 Å². The highest BCUT2D eigenvalue weighted by atomic mass is 32.2. The predicted octanol–water partition coefficient (Wildman–Crippen LogP) is 1.13. The van der Waals surface area contributed by atoms with Gasteiger partial charge in [0.1, 0.15) is 5.82 Å². The van der Waals surface area contributed by atoms with Crippen LogP contribution in [0.5, 0.6) is 0 Å². The van der Waals surface area contributed by atoms with Crippen LogP contribution >= 0.6 is 0 Å². The second kappa shape index (κ2) is 6.56. The summed E-state index contributed by atoms with van der Waals surface area (Å²) in [7, 11) is -3.06. The van der Waals surface area contributed by atoms with Crippen LogP contribution in [0.3, 0.4) is 0 Å². The average molecular weight is 257 g/mol. The molecule has 0 aromatic carbocycles. The summed E-state index contributed by atoms with van der Waals surface area (Å²) in [5.41, 5.74) is 0.960. The molecule has 0 unspecified atom stereocenters. The van der Waals surface area contributed by atoms with Crippen molar-refractivity contribution in [1.29, 1.82) is 0 Å². The Kier molecular flexibility index (Phi) is 5.37. The van der Waals surface area contributed by atoms with Crippen molar-refractivity contribution in [1.82, 2.24) is 9.71 Å². The Balaban J connectivity index is 2.21. The lowest BCUT2D eigenvalue weighted by Crippen LogP contribution is -2.27. The first-order valence-electron chi connectivity index (χ1n) is 5.68. The highest BCUT2D eigenvalue weighted by Gasteiger charge is 2.04. The maximum atomic E-state index is 11.1. The number of aromatic nitrogens is 1. The summed E-state index contributed by atoms with van der Waals surface area (Å²) in [4.78, 5) is 4.29. The molecule has 0 radical (unpaired) electrons. The second-order valence-corrected chi connectivity index (χ2v) is 5.84. The van der Waals surface area contributed by atoms with E-state index in [9.17, 15) is 8.42 Å². The summed E-state index contributed by atoms with van der Waals surface area (Å²) in [5, 5.41) is 3.14. The minimum Gasteiger partial charge on any atom is -0.370 e. The van der Waals surface area contributed by atoms with E-state index in [1.54, 1.807) is 6.92 Å². The Morgan fingerprint density at radius 1 is 1.29 bits per heavy atom. The Bertz CT molecular complexity index is 446. The first-order chi connectivity index (χ1) is 8.03. The van der Waals surface area contributed by atoms with Gasteiger partial charge in [-0.3, -0.25) is 0 Å². The van der Waals surface area contributed by atoms with Gasteiger partial charge in [-0.05, 0) is 32.4 Å². The van der Waals surface area contributed by atoms with E-state index in [0.717, 1.165) is 17.9 Å². The number of nitrogens with one attached hydrogen (secondary N) is 2. The fourth-order valence-electron chi connectivity index (χ4n) is 1.28. The van der Waals surface area contributed by atoms with E-state index in [-0.39, 0.29) is 5.75 Å². The number of sulfonamides is 1. The van der Waals surface area contributed by atoms with Crippen molar-refractivity contribution < 1.29 is 8.42 Å². The van der Waals surface area contributed by atoms with E-state index in [1.807, 2.05) is 25.1 Å². The lowest BCUT2D eigenvalue weighted by atomic mass is 10.3. The molecule has 0 atom stereocenters. The number of nitrogens with zero attached hydrogens (tertiary/aromatic N) is 1. The lowest BCUT2D eigenvalue weighted by molar-refractivity contribution is 0.581. The van der Waals surface area contributed by atoms with E-state index in [1.165, 1.54) is 0 Å². The molecular formula is C11H19N3O2S. The largest absolute Gasteiger partial charge is 0.370 e. The number of anilines is 1. The van der Waals surface area contributed by atoms with Gasteiger partial charge in [0.2, 0.25) is 10.0 Å². The Labute approximate surface area is 103 Å². The minimum atomic E-state index is -3.06. The maximum absolute atomic E-state index is 11.1. The zero-order valence-corrected chi connectivity index (χ0v) is 11.0. The van der Waals surface area contributed by atoms with Crippen LogP contribution in [0, 0.1) is 6.92 Å². The van der Waals surface area contributed by atoms with Gasteiger partial charge in [-0.2, -0.15) is 0 Å². The molecule has 2 N–H and O–H groups in total. The molecule has 0 bridgehead atoms. The third-order valence-electron chi connectivity index (χ3n) is 2.25. The molecule has 1 aromatic heterocycles.